The predicted molar refractivity (Wildman–Crippen MR) is 91.3 cm³/mol. The molecule has 2 aromatic rings. The Balaban J connectivity index is 1.93. The number of carbonyl (C=O) groups is 1. The lowest BCUT2D eigenvalue weighted by molar-refractivity contribution is -0.152. The van der Waals surface area contributed by atoms with Crippen LogP contribution in [-0.4, -0.2) is 45.2 Å². The molecule has 24 heavy (non-hydrogen) atoms. The van der Waals surface area contributed by atoms with Crippen LogP contribution in [0.15, 0.2) is 42.5 Å². The van der Waals surface area contributed by atoms with Crippen molar-refractivity contribution in [1.82, 2.24) is 4.90 Å². The average molecular weight is 327 g/mol. The smallest absolute Gasteiger partial charge is 0.352 e. The van der Waals surface area contributed by atoms with Crippen LogP contribution in [0.25, 0.3) is 11.1 Å². The molecule has 126 valence electrons. The molecule has 5 nitrogen and oxygen atoms in total. The zero-order chi connectivity index (χ0) is 17.1. The van der Waals surface area contributed by atoms with Crippen molar-refractivity contribution in [3.63, 3.8) is 0 Å². The SMILES string of the molecule is COc1cccc2c1-c1ccccc1C(C(=O)OCCN(C)C)O2. The number of benzene rings is 2. The van der Waals surface area contributed by atoms with Gasteiger partial charge in [0.1, 0.15) is 18.1 Å². The van der Waals surface area contributed by atoms with Gasteiger partial charge in [0.25, 0.3) is 0 Å². The molecule has 0 fully saturated rings. The summed E-state index contributed by atoms with van der Waals surface area (Å²) in [6, 6.07) is 13.3. The highest BCUT2D eigenvalue weighted by Gasteiger charge is 2.33. The lowest BCUT2D eigenvalue weighted by atomic mass is 9.92. The summed E-state index contributed by atoms with van der Waals surface area (Å²) in [6.07, 6.45) is -0.761. The Hall–Kier alpha value is -2.53. The topological polar surface area (TPSA) is 48.0 Å². The zero-order valence-corrected chi connectivity index (χ0v) is 14.1. The molecule has 1 unspecified atom stereocenters. The lowest BCUT2D eigenvalue weighted by Gasteiger charge is -2.28. The summed E-state index contributed by atoms with van der Waals surface area (Å²) in [7, 11) is 5.49. The largest absolute Gasteiger partial charge is 0.496 e. The second-order valence-corrected chi connectivity index (χ2v) is 5.89. The Morgan fingerprint density at radius 3 is 2.71 bits per heavy atom. The molecule has 0 aliphatic carbocycles. The number of likely N-dealkylation sites (N-methyl/N-ethyl adjacent to an activating group) is 1. The summed E-state index contributed by atoms with van der Waals surface area (Å²) in [6.45, 7) is 1.00. The molecule has 1 atom stereocenters. The van der Waals surface area contributed by atoms with E-state index in [2.05, 4.69) is 0 Å². The van der Waals surface area contributed by atoms with E-state index in [4.69, 9.17) is 14.2 Å². The van der Waals surface area contributed by atoms with Gasteiger partial charge in [0.15, 0.2) is 0 Å². The predicted octanol–water partition coefficient (Wildman–Crippen LogP) is 2.90. The Bertz CT molecular complexity index is 742. The van der Waals surface area contributed by atoms with Crippen LogP contribution in [0.4, 0.5) is 0 Å². The second-order valence-electron chi connectivity index (χ2n) is 5.89. The first-order chi connectivity index (χ1) is 11.6. The van der Waals surface area contributed by atoms with Crippen LogP contribution < -0.4 is 9.47 Å². The third-order valence-corrected chi connectivity index (χ3v) is 3.96. The monoisotopic (exact) mass is 327 g/mol. The molecule has 0 radical (unpaired) electrons. The third-order valence-electron chi connectivity index (χ3n) is 3.96. The minimum Gasteiger partial charge on any atom is -0.496 e. The number of methoxy groups -OCH3 is 1. The molecule has 2 aromatic carbocycles. The maximum atomic E-state index is 12.5. The summed E-state index contributed by atoms with van der Waals surface area (Å²) in [5, 5.41) is 0. The highest BCUT2D eigenvalue weighted by Crippen LogP contribution is 2.47. The van der Waals surface area contributed by atoms with Crippen LogP contribution in [-0.2, 0) is 9.53 Å². The van der Waals surface area contributed by atoms with Gasteiger partial charge in [0.05, 0.1) is 12.7 Å². The maximum Gasteiger partial charge on any atom is 0.352 e. The van der Waals surface area contributed by atoms with E-state index in [1.165, 1.54) is 0 Å². The molecule has 0 amide bonds. The quantitative estimate of drug-likeness (QED) is 0.790. The van der Waals surface area contributed by atoms with Gasteiger partial charge in [-0.1, -0.05) is 30.3 Å². The first kappa shape index (κ1) is 16.3. The van der Waals surface area contributed by atoms with Crippen LogP contribution >= 0.6 is 0 Å². The van der Waals surface area contributed by atoms with E-state index in [0.717, 1.165) is 22.4 Å². The van der Waals surface area contributed by atoms with Crippen LogP contribution in [0, 0.1) is 0 Å². The molecule has 5 heteroatoms. The van der Waals surface area contributed by atoms with E-state index < -0.39 is 6.10 Å². The minimum absolute atomic E-state index is 0.332. The van der Waals surface area contributed by atoms with Gasteiger partial charge in [0, 0.05) is 12.1 Å². The third kappa shape index (κ3) is 3.08. The van der Waals surface area contributed by atoms with Crippen molar-refractivity contribution in [3.8, 4) is 22.6 Å². The number of esters is 1. The molecule has 0 saturated carbocycles. The molecule has 1 aliphatic rings. The van der Waals surface area contributed by atoms with Crippen molar-refractivity contribution >= 4 is 5.97 Å². The van der Waals surface area contributed by atoms with Crippen molar-refractivity contribution in [3.05, 3.63) is 48.0 Å². The summed E-state index contributed by atoms with van der Waals surface area (Å²) >= 11 is 0. The highest BCUT2D eigenvalue weighted by atomic mass is 16.6. The van der Waals surface area contributed by atoms with Gasteiger partial charge in [0.2, 0.25) is 6.10 Å². The van der Waals surface area contributed by atoms with Crippen LogP contribution in [0.3, 0.4) is 0 Å². The van der Waals surface area contributed by atoms with E-state index in [9.17, 15) is 4.79 Å². The molecule has 1 aliphatic heterocycles. The average Bonchev–Trinajstić information content (AvgIpc) is 2.59. The van der Waals surface area contributed by atoms with E-state index >= 15 is 0 Å². The summed E-state index contributed by atoms with van der Waals surface area (Å²) in [4.78, 5) is 14.5. The number of hydrogen-bond donors (Lipinski definition) is 0. The van der Waals surface area contributed by atoms with Gasteiger partial charge in [-0.3, -0.25) is 0 Å². The molecule has 0 N–H and O–H groups in total. The van der Waals surface area contributed by atoms with Crippen molar-refractivity contribution in [2.24, 2.45) is 0 Å². The molecular formula is C19H21NO4. The Morgan fingerprint density at radius 2 is 1.96 bits per heavy atom. The molecule has 0 spiro atoms. The van der Waals surface area contributed by atoms with E-state index in [1.807, 2.05) is 61.5 Å². The minimum atomic E-state index is -0.761. The van der Waals surface area contributed by atoms with Crippen molar-refractivity contribution in [2.45, 2.75) is 6.10 Å². The molecule has 0 aromatic heterocycles. The van der Waals surface area contributed by atoms with Gasteiger partial charge >= 0.3 is 5.97 Å². The van der Waals surface area contributed by atoms with Gasteiger partial charge in [-0.15, -0.1) is 0 Å². The van der Waals surface area contributed by atoms with Crippen LogP contribution in [0.5, 0.6) is 11.5 Å². The first-order valence-electron chi connectivity index (χ1n) is 7.86. The lowest BCUT2D eigenvalue weighted by Crippen LogP contribution is -2.27. The van der Waals surface area contributed by atoms with Crippen molar-refractivity contribution in [1.29, 1.82) is 0 Å². The Labute approximate surface area is 141 Å². The normalized spacial score (nSPS) is 15.2. The maximum absolute atomic E-state index is 12.5. The summed E-state index contributed by atoms with van der Waals surface area (Å²) < 4.78 is 16.8. The number of hydrogen-bond acceptors (Lipinski definition) is 5. The first-order valence-corrected chi connectivity index (χ1v) is 7.86. The standard InChI is InChI=1S/C19H21NO4/c1-20(2)11-12-23-19(21)18-14-8-5-4-7-13(14)17-15(22-3)9-6-10-16(17)24-18/h4-10,18H,11-12H2,1-3H3. The fraction of sp³-hybridized carbons (Fsp3) is 0.316. The molecule has 1 heterocycles. The zero-order valence-electron chi connectivity index (χ0n) is 14.1. The number of carbonyl (C=O) groups excluding carboxylic acids is 1. The van der Waals surface area contributed by atoms with Gasteiger partial charge in [-0.25, -0.2) is 4.79 Å². The summed E-state index contributed by atoms with van der Waals surface area (Å²) in [5.74, 6) is 0.972. The fourth-order valence-electron chi connectivity index (χ4n) is 2.77. The molecule has 3 rings (SSSR count). The Morgan fingerprint density at radius 1 is 1.17 bits per heavy atom. The van der Waals surface area contributed by atoms with Crippen molar-refractivity contribution < 1.29 is 19.0 Å². The van der Waals surface area contributed by atoms with Gasteiger partial charge < -0.3 is 19.1 Å². The van der Waals surface area contributed by atoms with Crippen molar-refractivity contribution in [2.75, 3.05) is 34.4 Å². The number of ether oxygens (including phenoxy) is 3. The van der Waals surface area contributed by atoms with Crippen LogP contribution in [0.2, 0.25) is 0 Å². The van der Waals surface area contributed by atoms with E-state index in [1.54, 1.807) is 7.11 Å². The van der Waals surface area contributed by atoms with Gasteiger partial charge in [-0.2, -0.15) is 0 Å². The fourth-order valence-corrected chi connectivity index (χ4v) is 2.77. The van der Waals surface area contributed by atoms with Crippen LogP contribution in [0.1, 0.15) is 11.7 Å². The highest BCUT2D eigenvalue weighted by molar-refractivity contribution is 5.88. The number of rotatable bonds is 5. The molecule has 0 bridgehead atoms. The summed E-state index contributed by atoms with van der Waals surface area (Å²) in [5.41, 5.74) is 2.60. The van der Waals surface area contributed by atoms with Gasteiger partial charge in [-0.05, 0) is 31.8 Å². The Kier molecular flexibility index (Phi) is 4.71. The molecule has 0 saturated heterocycles. The molecular weight excluding hydrogens is 306 g/mol. The number of nitrogens with zero attached hydrogens (tertiary/aromatic N) is 1. The van der Waals surface area contributed by atoms with E-state index in [0.29, 0.717) is 18.9 Å². The second kappa shape index (κ2) is 6.93. The van der Waals surface area contributed by atoms with E-state index in [-0.39, 0.29) is 5.97 Å². The number of fused-ring (bicyclic) bond motifs is 3.